The summed E-state index contributed by atoms with van der Waals surface area (Å²) in [6, 6.07) is 0. The van der Waals surface area contributed by atoms with Crippen LogP contribution in [-0.4, -0.2) is 24.6 Å². The third-order valence-electron chi connectivity index (χ3n) is 4.67. The highest BCUT2D eigenvalue weighted by molar-refractivity contribution is 7.73. The molecule has 0 nitrogen and oxygen atoms in total. The van der Waals surface area contributed by atoms with E-state index in [9.17, 15) is 0 Å². The molecule has 0 saturated heterocycles. The van der Waals surface area contributed by atoms with Crippen LogP contribution in [0.5, 0.6) is 0 Å². The van der Waals surface area contributed by atoms with E-state index in [1.165, 1.54) is 63.2 Å². The van der Waals surface area contributed by atoms with Gasteiger partial charge in [0.05, 0.1) is 0 Å². The van der Waals surface area contributed by atoms with Crippen LogP contribution in [0.15, 0.2) is 0 Å². The minimum absolute atomic E-state index is 0.0791. The second-order valence-electron chi connectivity index (χ2n) is 6.20. The van der Waals surface area contributed by atoms with Gasteiger partial charge in [0, 0.05) is 9.75 Å². The predicted octanol–water partition coefficient (Wildman–Crippen LogP) is 6.73. The van der Waals surface area contributed by atoms with Crippen LogP contribution in [0.25, 0.3) is 0 Å². The summed E-state index contributed by atoms with van der Waals surface area (Å²) in [5.41, 5.74) is 0. The molecular weight excluding hydrogens is 334 g/mol. The summed E-state index contributed by atoms with van der Waals surface area (Å²) in [4.78, 5) is 3.58. The zero-order valence-electron chi connectivity index (χ0n) is 16.4. The molecule has 1 rings (SSSR count). The van der Waals surface area contributed by atoms with Crippen molar-refractivity contribution < 1.29 is 0 Å². The van der Waals surface area contributed by atoms with E-state index in [-0.39, 0.29) is 15.8 Å². The minimum Gasteiger partial charge on any atom is -0.144 e. The molecule has 0 aliphatic heterocycles. The maximum Gasteiger partial charge on any atom is 0.0132 e. The fourth-order valence-electron chi connectivity index (χ4n) is 3.25. The summed E-state index contributed by atoms with van der Waals surface area (Å²) >= 11 is 2.22. The average Bonchev–Trinajstić information content (AvgIpc) is 2.92. The molecule has 0 aliphatic rings. The molecule has 3 heteroatoms. The Balaban J connectivity index is 3.38. The lowest BCUT2D eigenvalue weighted by molar-refractivity contribution is 0.804. The zero-order chi connectivity index (χ0) is 17.2. The van der Waals surface area contributed by atoms with Crippen LogP contribution >= 0.6 is 27.2 Å². The Hall–Kier alpha value is 0.560. The number of aryl methyl sites for hydroxylation is 2. The first kappa shape index (κ1) is 21.6. The molecule has 0 fully saturated rings. The van der Waals surface area contributed by atoms with Crippen molar-refractivity contribution in [3.8, 4) is 0 Å². The van der Waals surface area contributed by atoms with Gasteiger partial charge in [0.1, 0.15) is 0 Å². The summed E-state index contributed by atoms with van der Waals surface area (Å²) < 4.78 is 0. The van der Waals surface area contributed by atoms with E-state index in [2.05, 4.69) is 52.9 Å². The van der Waals surface area contributed by atoms with Crippen LogP contribution in [0.4, 0.5) is 0 Å². The minimum atomic E-state index is 0.0791. The van der Waals surface area contributed by atoms with E-state index in [0.717, 1.165) is 0 Å². The third-order valence-corrected chi connectivity index (χ3v) is 11.8. The molecule has 0 atom stereocenters. The van der Waals surface area contributed by atoms with Crippen molar-refractivity contribution in [1.82, 2.24) is 0 Å². The van der Waals surface area contributed by atoms with E-state index >= 15 is 0 Å². The molecule has 0 bridgehead atoms. The highest BCUT2D eigenvalue weighted by atomic mass is 32.1. The van der Waals surface area contributed by atoms with Crippen LogP contribution in [0, 0.1) is 0 Å². The van der Waals surface area contributed by atoms with E-state index in [4.69, 9.17) is 0 Å². The number of thiophene rings is 1. The van der Waals surface area contributed by atoms with Crippen LogP contribution in [0.2, 0.25) is 0 Å². The second kappa shape index (κ2) is 12.0. The van der Waals surface area contributed by atoms with Crippen molar-refractivity contribution in [3.63, 3.8) is 0 Å². The molecule has 134 valence electrons. The first-order valence-electron chi connectivity index (χ1n) is 9.82. The molecule has 0 aromatic carbocycles. The Morgan fingerprint density at radius 3 is 1.22 bits per heavy atom. The molecule has 0 saturated carbocycles. The quantitative estimate of drug-likeness (QED) is 0.357. The summed E-state index contributed by atoms with van der Waals surface area (Å²) in [6.45, 7) is 14.4. The molecule has 0 amide bonds. The predicted molar refractivity (Wildman–Crippen MR) is 117 cm³/mol. The van der Waals surface area contributed by atoms with Crippen molar-refractivity contribution in [2.75, 3.05) is 24.6 Å². The Morgan fingerprint density at radius 1 is 0.609 bits per heavy atom. The smallest absolute Gasteiger partial charge is 0.0132 e. The molecule has 0 aliphatic carbocycles. The van der Waals surface area contributed by atoms with Gasteiger partial charge in [-0.2, -0.15) is 0 Å². The normalized spacial score (nSPS) is 11.8. The van der Waals surface area contributed by atoms with Gasteiger partial charge >= 0.3 is 0 Å². The third kappa shape index (κ3) is 5.80. The number of unbranched alkanes of at least 4 members (excludes halogenated alkanes) is 2. The van der Waals surface area contributed by atoms with Gasteiger partial charge in [-0.3, -0.25) is 0 Å². The fourth-order valence-corrected chi connectivity index (χ4v) is 10.4. The van der Waals surface area contributed by atoms with E-state index < -0.39 is 0 Å². The highest BCUT2D eigenvalue weighted by Gasteiger charge is 2.26. The fraction of sp³-hybridized carbons (Fsp3) is 0.800. The van der Waals surface area contributed by atoms with Gasteiger partial charge < -0.3 is 0 Å². The van der Waals surface area contributed by atoms with E-state index in [1.807, 2.05) is 10.6 Å². The van der Waals surface area contributed by atoms with Gasteiger partial charge in [0.2, 0.25) is 0 Å². The Bertz CT molecular complexity index is 393. The van der Waals surface area contributed by atoms with Crippen molar-refractivity contribution >= 4 is 37.8 Å². The van der Waals surface area contributed by atoms with Crippen molar-refractivity contribution in [2.45, 2.75) is 80.1 Å². The van der Waals surface area contributed by atoms with Crippen molar-refractivity contribution in [1.29, 1.82) is 0 Å². The Labute approximate surface area is 152 Å². The average molecular weight is 373 g/mol. The number of hydrogen-bond acceptors (Lipinski definition) is 1. The molecule has 0 spiro atoms. The molecule has 0 unspecified atom stereocenters. The SMILES string of the molecule is CCCCc1sc(CCCC)c(P(CC)CC)c1P(CC)CC. The van der Waals surface area contributed by atoms with Gasteiger partial charge in [-0.15, -0.1) is 11.3 Å². The lowest BCUT2D eigenvalue weighted by atomic mass is 10.2. The first-order valence-corrected chi connectivity index (χ1v) is 14.1. The van der Waals surface area contributed by atoms with Gasteiger partial charge in [0.25, 0.3) is 0 Å². The molecule has 1 heterocycles. The second-order valence-corrected chi connectivity index (χ2v) is 13.0. The number of hydrogen-bond donors (Lipinski definition) is 0. The van der Waals surface area contributed by atoms with E-state index in [0.29, 0.717) is 0 Å². The standard InChI is InChI=1S/C20H38P2S/c1-7-13-15-17-19(21(9-3)10-4)20(22(11-5)12-6)18(23-17)16-14-8-2/h7-16H2,1-6H3. The topological polar surface area (TPSA) is 0 Å². The Morgan fingerprint density at radius 2 is 0.957 bits per heavy atom. The van der Waals surface area contributed by atoms with Gasteiger partial charge in [-0.25, -0.2) is 0 Å². The van der Waals surface area contributed by atoms with E-state index in [1.54, 1.807) is 9.75 Å². The van der Waals surface area contributed by atoms with Crippen LogP contribution in [-0.2, 0) is 12.8 Å². The Kier molecular flexibility index (Phi) is 11.3. The highest BCUT2D eigenvalue weighted by Crippen LogP contribution is 2.44. The van der Waals surface area contributed by atoms with Crippen molar-refractivity contribution in [2.24, 2.45) is 0 Å². The summed E-state index contributed by atoms with van der Waals surface area (Å²) in [7, 11) is 0.158. The van der Waals surface area contributed by atoms with Crippen LogP contribution in [0.1, 0.15) is 77.0 Å². The molecule has 0 N–H and O–H groups in total. The largest absolute Gasteiger partial charge is 0.144 e. The molecule has 0 radical (unpaired) electrons. The summed E-state index contributed by atoms with van der Waals surface area (Å²) in [6.07, 6.45) is 13.6. The monoisotopic (exact) mass is 372 g/mol. The molecular formula is C20H38P2S. The first-order chi connectivity index (χ1) is 11.2. The summed E-state index contributed by atoms with van der Waals surface area (Å²) in [5, 5.41) is 3.79. The molecule has 1 aromatic rings. The van der Waals surface area contributed by atoms with Gasteiger partial charge in [0.15, 0.2) is 0 Å². The molecule has 23 heavy (non-hydrogen) atoms. The van der Waals surface area contributed by atoms with Gasteiger partial charge in [-0.05, 0) is 60.9 Å². The van der Waals surface area contributed by atoms with Crippen molar-refractivity contribution in [3.05, 3.63) is 9.75 Å². The lowest BCUT2D eigenvalue weighted by Gasteiger charge is -2.23. The summed E-state index contributed by atoms with van der Waals surface area (Å²) in [5.74, 6) is 0. The number of rotatable bonds is 12. The zero-order valence-corrected chi connectivity index (χ0v) is 19.0. The lowest BCUT2D eigenvalue weighted by Crippen LogP contribution is -2.26. The maximum absolute atomic E-state index is 2.42. The van der Waals surface area contributed by atoms with Gasteiger partial charge in [-0.1, -0.05) is 70.2 Å². The van der Waals surface area contributed by atoms with Crippen LogP contribution in [0.3, 0.4) is 0 Å². The molecule has 1 aromatic heterocycles. The van der Waals surface area contributed by atoms with Crippen LogP contribution < -0.4 is 10.6 Å². The maximum atomic E-state index is 2.42.